The molecule has 0 bridgehead atoms. The van der Waals surface area contributed by atoms with Gasteiger partial charge in [0.2, 0.25) is 0 Å². The molecule has 0 aliphatic heterocycles. The van der Waals surface area contributed by atoms with Gasteiger partial charge in [-0.2, -0.15) is 5.10 Å². The number of amides is 2. The molecule has 0 unspecified atom stereocenters. The van der Waals surface area contributed by atoms with Gasteiger partial charge in [0.1, 0.15) is 0 Å². The van der Waals surface area contributed by atoms with Gasteiger partial charge < -0.3 is 10.3 Å². The number of aromatic amines is 1. The molecule has 2 aromatic carbocycles. The van der Waals surface area contributed by atoms with Gasteiger partial charge >= 0.3 is 0 Å². The maximum Gasteiger partial charge on any atom is 0.259 e. The molecule has 8 heteroatoms. The number of H-pyrrole nitrogens is 1. The first-order chi connectivity index (χ1) is 13.0. The molecule has 136 valence electrons. The van der Waals surface area contributed by atoms with E-state index in [2.05, 4.69) is 36.8 Å². The Kier molecular flexibility index (Phi) is 5.77. The summed E-state index contributed by atoms with van der Waals surface area (Å²) in [6.07, 6.45) is 1.26. The van der Waals surface area contributed by atoms with Crippen LogP contribution in [-0.4, -0.2) is 29.6 Å². The number of para-hydroxylation sites is 1. The minimum absolute atomic E-state index is 0.239. The van der Waals surface area contributed by atoms with E-state index in [1.54, 1.807) is 36.4 Å². The summed E-state index contributed by atoms with van der Waals surface area (Å²) >= 11 is 3.28. The molecular weight excluding hydrogens is 412 g/mol. The Morgan fingerprint density at radius 3 is 2.74 bits per heavy atom. The van der Waals surface area contributed by atoms with Crippen molar-refractivity contribution in [2.45, 2.75) is 0 Å². The van der Waals surface area contributed by atoms with E-state index in [-0.39, 0.29) is 18.0 Å². The van der Waals surface area contributed by atoms with Crippen molar-refractivity contribution in [2.24, 2.45) is 5.10 Å². The molecule has 0 saturated carbocycles. The van der Waals surface area contributed by atoms with Crippen LogP contribution < -0.4 is 16.3 Å². The molecule has 3 rings (SSSR count). The number of nitrogens with zero attached hydrogens (tertiary/aromatic N) is 1. The lowest BCUT2D eigenvalue weighted by molar-refractivity contribution is -0.120. The molecule has 0 aliphatic rings. The van der Waals surface area contributed by atoms with Crippen molar-refractivity contribution in [3.8, 4) is 0 Å². The van der Waals surface area contributed by atoms with Crippen molar-refractivity contribution >= 4 is 44.9 Å². The monoisotopic (exact) mass is 426 g/mol. The molecule has 3 N–H and O–H groups in total. The number of aromatic nitrogens is 1. The largest absolute Gasteiger partial charge is 0.343 e. The lowest BCUT2D eigenvalue weighted by Gasteiger charge is -2.04. The van der Waals surface area contributed by atoms with Crippen molar-refractivity contribution in [1.82, 2.24) is 15.7 Å². The SMILES string of the molecule is O=C(CNC(=O)c1cccc(Br)c1)N/N=C\c1cc2ccccc2[nH]c1=O. The fraction of sp³-hybridized carbons (Fsp3) is 0.0526. The zero-order valence-electron chi connectivity index (χ0n) is 14.0. The molecule has 27 heavy (non-hydrogen) atoms. The molecule has 2 amide bonds. The third-order valence-corrected chi connectivity index (χ3v) is 4.16. The number of fused-ring (bicyclic) bond motifs is 1. The summed E-state index contributed by atoms with van der Waals surface area (Å²) in [7, 11) is 0. The van der Waals surface area contributed by atoms with Crippen molar-refractivity contribution in [3.63, 3.8) is 0 Å². The highest BCUT2D eigenvalue weighted by molar-refractivity contribution is 9.10. The predicted molar refractivity (Wildman–Crippen MR) is 107 cm³/mol. The van der Waals surface area contributed by atoms with E-state index in [0.717, 1.165) is 15.4 Å². The topological polar surface area (TPSA) is 103 Å². The zero-order chi connectivity index (χ0) is 19.2. The Labute approximate surface area is 162 Å². The van der Waals surface area contributed by atoms with Gasteiger partial charge in [0, 0.05) is 15.6 Å². The van der Waals surface area contributed by atoms with Crippen LogP contribution in [0.15, 0.2) is 69.0 Å². The highest BCUT2D eigenvalue weighted by atomic mass is 79.9. The second-order valence-electron chi connectivity index (χ2n) is 5.63. The number of hydrazone groups is 1. The number of hydrogen-bond acceptors (Lipinski definition) is 4. The summed E-state index contributed by atoms with van der Waals surface area (Å²) in [4.78, 5) is 38.5. The Hall–Kier alpha value is -3.26. The average Bonchev–Trinajstić information content (AvgIpc) is 2.66. The lowest BCUT2D eigenvalue weighted by atomic mass is 10.2. The van der Waals surface area contributed by atoms with E-state index in [1.165, 1.54) is 6.21 Å². The van der Waals surface area contributed by atoms with E-state index in [1.807, 2.05) is 18.2 Å². The van der Waals surface area contributed by atoms with E-state index in [0.29, 0.717) is 11.1 Å². The number of nitrogens with one attached hydrogen (secondary N) is 3. The summed E-state index contributed by atoms with van der Waals surface area (Å²) in [5.74, 6) is -0.881. The summed E-state index contributed by atoms with van der Waals surface area (Å²) in [5.41, 5.74) is 3.44. The van der Waals surface area contributed by atoms with Gasteiger partial charge in [-0.3, -0.25) is 14.4 Å². The van der Waals surface area contributed by atoms with Gasteiger partial charge in [-0.15, -0.1) is 0 Å². The normalized spacial score (nSPS) is 10.9. The number of pyridine rings is 1. The minimum Gasteiger partial charge on any atom is -0.343 e. The van der Waals surface area contributed by atoms with Crippen LogP contribution in [-0.2, 0) is 4.79 Å². The molecule has 7 nitrogen and oxygen atoms in total. The molecule has 0 fully saturated rings. The smallest absolute Gasteiger partial charge is 0.259 e. The first-order valence-corrected chi connectivity index (χ1v) is 8.80. The summed E-state index contributed by atoms with van der Waals surface area (Å²) in [6.45, 7) is -0.239. The standard InChI is InChI=1S/C19H15BrN4O3/c20-15-6-3-5-13(9-15)18(26)21-11-17(25)24-22-10-14-8-12-4-1-2-7-16(12)23-19(14)27/h1-10H,11H2,(H,21,26)(H,23,27)(H,24,25)/b22-10-. The number of halogens is 1. The Bertz CT molecular complexity index is 1090. The van der Waals surface area contributed by atoms with E-state index in [4.69, 9.17) is 0 Å². The fourth-order valence-electron chi connectivity index (χ4n) is 2.37. The van der Waals surface area contributed by atoms with Gasteiger partial charge in [0.05, 0.1) is 18.3 Å². The lowest BCUT2D eigenvalue weighted by Crippen LogP contribution is -2.35. The number of rotatable bonds is 5. The van der Waals surface area contributed by atoms with E-state index in [9.17, 15) is 14.4 Å². The van der Waals surface area contributed by atoms with Crippen LogP contribution in [0.1, 0.15) is 15.9 Å². The maximum atomic E-state index is 12.0. The van der Waals surface area contributed by atoms with Crippen LogP contribution in [0, 0.1) is 0 Å². The Morgan fingerprint density at radius 1 is 1.11 bits per heavy atom. The fourth-order valence-corrected chi connectivity index (χ4v) is 2.77. The quantitative estimate of drug-likeness (QED) is 0.430. The molecule has 0 atom stereocenters. The molecule has 3 aromatic rings. The molecule has 1 heterocycles. The predicted octanol–water partition coefficient (Wildman–Crippen LogP) is 2.17. The summed E-state index contributed by atoms with van der Waals surface area (Å²) in [6, 6.07) is 15.8. The number of carbonyl (C=O) groups excluding carboxylic acids is 2. The van der Waals surface area contributed by atoms with Gasteiger partial charge in [0.25, 0.3) is 17.4 Å². The van der Waals surface area contributed by atoms with Crippen LogP contribution in [0.5, 0.6) is 0 Å². The van der Waals surface area contributed by atoms with Crippen molar-refractivity contribution in [2.75, 3.05) is 6.54 Å². The summed E-state index contributed by atoms with van der Waals surface area (Å²) < 4.78 is 0.768. The van der Waals surface area contributed by atoms with Gasteiger partial charge in [0.15, 0.2) is 0 Å². The highest BCUT2D eigenvalue weighted by Crippen LogP contribution is 2.11. The van der Waals surface area contributed by atoms with Crippen molar-refractivity contribution < 1.29 is 9.59 Å². The Morgan fingerprint density at radius 2 is 1.93 bits per heavy atom. The minimum atomic E-state index is -0.508. The summed E-state index contributed by atoms with van der Waals surface area (Å²) in [5, 5.41) is 7.12. The number of hydrogen-bond donors (Lipinski definition) is 3. The second kappa shape index (κ2) is 8.41. The number of benzene rings is 2. The van der Waals surface area contributed by atoms with Crippen molar-refractivity contribution in [1.29, 1.82) is 0 Å². The molecule has 0 radical (unpaired) electrons. The number of carbonyl (C=O) groups is 2. The molecule has 0 aliphatic carbocycles. The van der Waals surface area contributed by atoms with Gasteiger partial charge in [-0.25, -0.2) is 5.43 Å². The van der Waals surface area contributed by atoms with Crippen LogP contribution in [0.25, 0.3) is 10.9 Å². The maximum absolute atomic E-state index is 12.0. The van der Waals surface area contributed by atoms with E-state index >= 15 is 0 Å². The molecular formula is C19H15BrN4O3. The van der Waals surface area contributed by atoms with Crippen LogP contribution >= 0.6 is 15.9 Å². The third-order valence-electron chi connectivity index (χ3n) is 3.67. The molecule has 1 aromatic heterocycles. The third kappa shape index (κ3) is 4.89. The first-order valence-electron chi connectivity index (χ1n) is 8.01. The van der Waals surface area contributed by atoms with Gasteiger partial charge in [-0.1, -0.05) is 40.2 Å². The van der Waals surface area contributed by atoms with Crippen molar-refractivity contribution in [3.05, 3.63) is 80.6 Å². The van der Waals surface area contributed by atoms with Crippen LogP contribution in [0.2, 0.25) is 0 Å². The first kappa shape index (κ1) is 18.5. The molecule has 0 saturated heterocycles. The highest BCUT2D eigenvalue weighted by Gasteiger charge is 2.08. The van der Waals surface area contributed by atoms with Crippen LogP contribution in [0.4, 0.5) is 0 Å². The Balaban J connectivity index is 1.57. The average molecular weight is 427 g/mol. The second-order valence-corrected chi connectivity index (χ2v) is 6.54. The molecule has 0 spiro atoms. The van der Waals surface area contributed by atoms with Crippen LogP contribution in [0.3, 0.4) is 0 Å². The van der Waals surface area contributed by atoms with Gasteiger partial charge in [-0.05, 0) is 35.7 Å². The van der Waals surface area contributed by atoms with E-state index < -0.39 is 5.91 Å². The zero-order valence-corrected chi connectivity index (χ0v) is 15.6.